The van der Waals surface area contributed by atoms with Gasteiger partial charge in [-0.05, 0) is 53.4 Å². The number of nitrogens with one attached hydrogen (secondary N) is 3. The van der Waals surface area contributed by atoms with Gasteiger partial charge in [-0.3, -0.25) is 4.98 Å². The third-order valence-electron chi connectivity index (χ3n) is 4.52. The third kappa shape index (κ3) is 4.57. The Kier molecular flexibility index (Phi) is 5.94. The van der Waals surface area contributed by atoms with Crippen molar-refractivity contribution in [2.24, 2.45) is 0 Å². The van der Waals surface area contributed by atoms with Crippen molar-refractivity contribution in [2.45, 2.75) is 19.0 Å². The van der Waals surface area contributed by atoms with Gasteiger partial charge in [-0.2, -0.15) is 0 Å². The number of aromatic nitrogens is 1. The molecule has 3 N–H and O–H groups in total. The van der Waals surface area contributed by atoms with Crippen LogP contribution in [0.4, 0.5) is 16.2 Å². The summed E-state index contributed by atoms with van der Waals surface area (Å²) in [5.74, 6) is 0. The van der Waals surface area contributed by atoms with Crippen LogP contribution >= 0.6 is 12.4 Å². The minimum Gasteiger partial charge on any atom is -0.378 e. The Morgan fingerprint density at radius 2 is 1.85 bits per heavy atom. The smallest absolute Gasteiger partial charge is 0.319 e. The summed E-state index contributed by atoms with van der Waals surface area (Å²) >= 11 is 0. The number of hydrogen-bond donors (Lipinski definition) is 3. The second-order valence-corrected chi connectivity index (χ2v) is 6.35. The molecule has 0 saturated heterocycles. The van der Waals surface area contributed by atoms with E-state index in [-0.39, 0.29) is 24.5 Å². The first-order chi connectivity index (χ1) is 12.8. The van der Waals surface area contributed by atoms with Crippen LogP contribution in [0.5, 0.6) is 0 Å². The molecule has 4 rings (SSSR count). The maximum absolute atomic E-state index is 12.1. The standard InChI is InChI=1S/C21H20N4O.ClH/c26-21(23-14-15-8-10-22-11-9-15)24-18-6-7-19-17(12-18)13-20(25-19)16-4-2-1-3-5-16;/h1-12,20,25H,13-14H2,(H2,23,24,26);1H. The second kappa shape index (κ2) is 8.56. The van der Waals surface area contributed by atoms with Crippen molar-refractivity contribution in [2.75, 3.05) is 10.6 Å². The molecule has 0 bridgehead atoms. The van der Waals surface area contributed by atoms with Gasteiger partial charge in [0.2, 0.25) is 0 Å². The Bertz CT molecular complexity index is 903. The molecule has 1 aliphatic heterocycles. The summed E-state index contributed by atoms with van der Waals surface area (Å²) in [4.78, 5) is 16.1. The van der Waals surface area contributed by atoms with Crippen LogP contribution in [-0.2, 0) is 13.0 Å². The highest BCUT2D eigenvalue weighted by molar-refractivity contribution is 5.89. The number of rotatable bonds is 4. The first kappa shape index (κ1) is 18.7. The number of halogens is 1. The van der Waals surface area contributed by atoms with Gasteiger partial charge in [-0.25, -0.2) is 4.79 Å². The van der Waals surface area contributed by atoms with Crippen molar-refractivity contribution >= 4 is 29.8 Å². The SMILES string of the molecule is Cl.O=C(NCc1ccncc1)Nc1ccc2c(c1)CC(c1ccccc1)N2. The van der Waals surface area contributed by atoms with E-state index in [0.29, 0.717) is 6.54 Å². The average molecular weight is 381 g/mol. The molecule has 1 atom stereocenters. The number of pyridine rings is 1. The second-order valence-electron chi connectivity index (χ2n) is 6.35. The molecule has 0 aliphatic carbocycles. The van der Waals surface area contributed by atoms with Gasteiger partial charge in [0.25, 0.3) is 0 Å². The zero-order valence-electron chi connectivity index (χ0n) is 14.7. The molecule has 0 saturated carbocycles. The van der Waals surface area contributed by atoms with Crippen LogP contribution in [0.2, 0.25) is 0 Å². The van der Waals surface area contributed by atoms with E-state index in [0.717, 1.165) is 23.4 Å². The van der Waals surface area contributed by atoms with E-state index < -0.39 is 0 Å². The quantitative estimate of drug-likeness (QED) is 0.622. The Hall–Kier alpha value is -3.05. The maximum atomic E-state index is 12.1. The highest BCUT2D eigenvalue weighted by Gasteiger charge is 2.22. The molecule has 2 amide bonds. The van der Waals surface area contributed by atoms with Crippen molar-refractivity contribution in [3.05, 3.63) is 89.7 Å². The summed E-state index contributed by atoms with van der Waals surface area (Å²) in [6.45, 7) is 0.469. The van der Waals surface area contributed by atoms with E-state index in [9.17, 15) is 4.79 Å². The lowest BCUT2D eigenvalue weighted by atomic mass is 10.0. The van der Waals surface area contributed by atoms with Crippen molar-refractivity contribution in [1.82, 2.24) is 10.3 Å². The molecular formula is C21H21ClN4O. The van der Waals surface area contributed by atoms with Crippen LogP contribution in [0, 0.1) is 0 Å². The Morgan fingerprint density at radius 3 is 2.63 bits per heavy atom. The molecule has 1 aromatic heterocycles. The van der Waals surface area contributed by atoms with Crippen molar-refractivity contribution in [3.63, 3.8) is 0 Å². The normalized spacial score (nSPS) is 14.4. The molecule has 0 radical (unpaired) electrons. The summed E-state index contributed by atoms with van der Waals surface area (Å²) in [7, 11) is 0. The lowest BCUT2D eigenvalue weighted by Crippen LogP contribution is -2.28. The predicted molar refractivity (Wildman–Crippen MR) is 110 cm³/mol. The van der Waals surface area contributed by atoms with Crippen LogP contribution in [0.25, 0.3) is 0 Å². The number of carbonyl (C=O) groups excluding carboxylic acids is 1. The van der Waals surface area contributed by atoms with E-state index in [1.165, 1.54) is 11.1 Å². The monoisotopic (exact) mass is 380 g/mol. The van der Waals surface area contributed by atoms with Crippen molar-refractivity contribution in [1.29, 1.82) is 0 Å². The fraction of sp³-hybridized carbons (Fsp3) is 0.143. The van der Waals surface area contributed by atoms with E-state index in [1.54, 1.807) is 12.4 Å². The van der Waals surface area contributed by atoms with E-state index >= 15 is 0 Å². The minimum absolute atomic E-state index is 0. The van der Waals surface area contributed by atoms with E-state index in [2.05, 4.69) is 45.2 Å². The lowest BCUT2D eigenvalue weighted by molar-refractivity contribution is 0.251. The van der Waals surface area contributed by atoms with Crippen molar-refractivity contribution in [3.8, 4) is 0 Å². The summed E-state index contributed by atoms with van der Waals surface area (Å²) in [6.07, 6.45) is 4.34. The van der Waals surface area contributed by atoms with Crippen LogP contribution in [-0.4, -0.2) is 11.0 Å². The molecule has 0 spiro atoms. The van der Waals surface area contributed by atoms with Gasteiger partial charge in [0.05, 0.1) is 6.04 Å². The summed E-state index contributed by atoms with van der Waals surface area (Å²) < 4.78 is 0. The molecule has 5 nitrogen and oxygen atoms in total. The first-order valence-corrected chi connectivity index (χ1v) is 8.66. The topological polar surface area (TPSA) is 66.0 Å². The molecule has 6 heteroatoms. The molecule has 1 unspecified atom stereocenters. The first-order valence-electron chi connectivity index (χ1n) is 8.66. The lowest BCUT2D eigenvalue weighted by Gasteiger charge is -2.11. The number of benzene rings is 2. The fourth-order valence-electron chi connectivity index (χ4n) is 3.18. The number of nitrogens with zero attached hydrogens (tertiary/aromatic N) is 1. The van der Waals surface area contributed by atoms with Gasteiger partial charge in [0, 0.05) is 30.3 Å². The van der Waals surface area contributed by atoms with Gasteiger partial charge in [0.15, 0.2) is 0 Å². The highest BCUT2D eigenvalue weighted by atomic mass is 35.5. The Labute approximate surface area is 164 Å². The molecule has 138 valence electrons. The number of carbonyl (C=O) groups is 1. The van der Waals surface area contributed by atoms with Crippen molar-refractivity contribution < 1.29 is 4.79 Å². The number of fused-ring (bicyclic) bond motifs is 1. The summed E-state index contributed by atoms with van der Waals surface area (Å²) in [5.41, 5.74) is 5.42. The van der Waals surface area contributed by atoms with Crippen LogP contribution in [0.3, 0.4) is 0 Å². The van der Waals surface area contributed by atoms with Gasteiger partial charge in [-0.15, -0.1) is 12.4 Å². The number of anilines is 2. The fourth-order valence-corrected chi connectivity index (χ4v) is 3.18. The molecular weight excluding hydrogens is 360 g/mol. The van der Waals surface area contributed by atoms with Crippen LogP contribution in [0.1, 0.15) is 22.7 Å². The number of urea groups is 1. The minimum atomic E-state index is -0.215. The Balaban J connectivity index is 0.00000210. The molecule has 3 aromatic rings. The molecule has 2 heterocycles. The summed E-state index contributed by atoms with van der Waals surface area (Å²) in [5, 5.41) is 9.30. The van der Waals surface area contributed by atoms with E-state index in [1.807, 2.05) is 36.4 Å². The van der Waals surface area contributed by atoms with Gasteiger partial charge >= 0.3 is 6.03 Å². The zero-order chi connectivity index (χ0) is 17.8. The van der Waals surface area contributed by atoms with Gasteiger partial charge in [-0.1, -0.05) is 30.3 Å². The van der Waals surface area contributed by atoms with Crippen LogP contribution < -0.4 is 16.0 Å². The molecule has 0 fully saturated rings. The average Bonchev–Trinajstić information content (AvgIpc) is 3.11. The number of amides is 2. The van der Waals surface area contributed by atoms with Gasteiger partial charge < -0.3 is 16.0 Å². The van der Waals surface area contributed by atoms with Gasteiger partial charge in [0.1, 0.15) is 0 Å². The summed E-state index contributed by atoms with van der Waals surface area (Å²) in [6, 6.07) is 20.2. The largest absolute Gasteiger partial charge is 0.378 e. The van der Waals surface area contributed by atoms with E-state index in [4.69, 9.17) is 0 Å². The zero-order valence-corrected chi connectivity index (χ0v) is 15.5. The van der Waals surface area contributed by atoms with Crippen LogP contribution in [0.15, 0.2) is 73.1 Å². The third-order valence-corrected chi connectivity index (χ3v) is 4.52. The maximum Gasteiger partial charge on any atom is 0.319 e. The highest BCUT2D eigenvalue weighted by Crippen LogP contribution is 2.35. The molecule has 1 aliphatic rings. The molecule has 2 aromatic carbocycles. The Morgan fingerprint density at radius 1 is 1.07 bits per heavy atom. The number of hydrogen-bond acceptors (Lipinski definition) is 3. The predicted octanol–water partition coefficient (Wildman–Crippen LogP) is 4.53. The molecule has 27 heavy (non-hydrogen) atoms.